The van der Waals surface area contributed by atoms with E-state index in [1.54, 1.807) is 12.6 Å². The van der Waals surface area contributed by atoms with E-state index in [9.17, 15) is 0 Å². The first-order valence-electron chi connectivity index (χ1n) is 10.2. The fourth-order valence-electron chi connectivity index (χ4n) is 5.02. The van der Waals surface area contributed by atoms with Crippen molar-refractivity contribution in [2.24, 2.45) is 23.7 Å². The van der Waals surface area contributed by atoms with E-state index in [1.165, 1.54) is 69.8 Å². The zero-order chi connectivity index (χ0) is 17.5. The molecule has 1 aromatic rings. The summed E-state index contributed by atoms with van der Waals surface area (Å²) in [6.45, 7) is 0. The van der Waals surface area contributed by atoms with Crippen LogP contribution in [0.1, 0.15) is 63.4 Å². The maximum atomic E-state index is 5.74. The third kappa shape index (κ3) is 5.51. The SMILES string of the molecule is COc1ccc(CCC2CCC(C3CCC(/C=C/Cl)CC3)CC2)cc1. The molecule has 0 N–H and O–H groups in total. The van der Waals surface area contributed by atoms with Crippen LogP contribution in [0.2, 0.25) is 0 Å². The lowest BCUT2D eigenvalue weighted by Gasteiger charge is -2.37. The topological polar surface area (TPSA) is 9.23 Å². The fourth-order valence-corrected chi connectivity index (χ4v) is 5.23. The molecule has 0 spiro atoms. The number of allylic oxidation sites excluding steroid dienone is 1. The summed E-state index contributed by atoms with van der Waals surface area (Å²) < 4.78 is 5.24. The van der Waals surface area contributed by atoms with Gasteiger partial charge in [0.05, 0.1) is 7.11 Å². The Morgan fingerprint density at radius 3 is 2.08 bits per heavy atom. The first kappa shape index (κ1) is 18.8. The Bertz CT molecular complexity index is 520. The van der Waals surface area contributed by atoms with E-state index in [4.69, 9.17) is 16.3 Å². The number of aryl methyl sites for hydroxylation is 1. The number of ether oxygens (including phenoxy) is 1. The number of hydrogen-bond acceptors (Lipinski definition) is 1. The minimum atomic E-state index is 0.745. The van der Waals surface area contributed by atoms with E-state index in [-0.39, 0.29) is 0 Å². The van der Waals surface area contributed by atoms with Crippen molar-refractivity contribution in [1.82, 2.24) is 0 Å². The van der Waals surface area contributed by atoms with Gasteiger partial charge in [0.2, 0.25) is 0 Å². The average Bonchev–Trinajstić information content (AvgIpc) is 2.68. The zero-order valence-electron chi connectivity index (χ0n) is 15.6. The minimum absolute atomic E-state index is 0.745. The Hall–Kier alpha value is -0.950. The van der Waals surface area contributed by atoms with E-state index in [0.717, 1.165) is 29.4 Å². The molecule has 25 heavy (non-hydrogen) atoms. The van der Waals surface area contributed by atoms with Gasteiger partial charge in [-0.3, -0.25) is 0 Å². The number of halogens is 1. The monoisotopic (exact) mass is 360 g/mol. The van der Waals surface area contributed by atoms with Crippen molar-refractivity contribution in [3.63, 3.8) is 0 Å². The molecule has 0 bridgehead atoms. The molecule has 0 aliphatic heterocycles. The summed E-state index contributed by atoms with van der Waals surface area (Å²) >= 11 is 5.74. The maximum Gasteiger partial charge on any atom is 0.118 e. The Morgan fingerprint density at radius 1 is 0.920 bits per heavy atom. The van der Waals surface area contributed by atoms with Crippen molar-refractivity contribution in [3.8, 4) is 5.75 Å². The molecule has 0 saturated heterocycles. The van der Waals surface area contributed by atoms with Gasteiger partial charge in [-0.2, -0.15) is 0 Å². The summed E-state index contributed by atoms with van der Waals surface area (Å²) in [6.07, 6.45) is 16.2. The smallest absolute Gasteiger partial charge is 0.118 e. The molecule has 0 heterocycles. The lowest BCUT2D eigenvalue weighted by atomic mass is 9.68. The average molecular weight is 361 g/mol. The highest BCUT2D eigenvalue weighted by atomic mass is 35.5. The van der Waals surface area contributed by atoms with Gasteiger partial charge in [0.25, 0.3) is 0 Å². The van der Waals surface area contributed by atoms with Crippen LogP contribution in [0.25, 0.3) is 0 Å². The predicted molar refractivity (Wildman–Crippen MR) is 107 cm³/mol. The van der Waals surface area contributed by atoms with Gasteiger partial charge in [0.1, 0.15) is 5.75 Å². The molecule has 2 heteroatoms. The van der Waals surface area contributed by atoms with Crippen molar-refractivity contribution < 1.29 is 4.74 Å². The highest BCUT2D eigenvalue weighted by Crippen LogP contribution is 2.42. The lowest BCUT2D eigenvalue weighted by molar-refractivity contribution is 0.153. The molecule has 0 atom stereocenters. The number of hydrogen-bond donors (Lipinski definition) is 0. The van der Waals surface area contributed by atoms with Gasteiger partial charge in [-0.15, -0.1) is 0 Å². The van der Waals surface area contributed by atoms with E-state index < -0.39 is 0 Å². The van der Waals surface area contributed by atoms with Crippen molar-refractivity contribution in [2.45, 2.75) is 64.2 Å². The molecule has 3 rings (SSSR count). The fraction of sp³-hybridized carbons (Fsp3) is 0.652. The molecular weight excluding hydrogens is 328 g/mol. The van der Waals surface area contributed by atoms with Crippen molar-refractivity contribution in [3.05, 3.63) is 41.4 Å². The van der Waals surface area contributed by atoms with Crippen LogP contribution in [-0.4, -0.2) is 7.11 Å². The van der Waals surface area contributed by atoms with Gasteiger partial charge in [0.15, 0.2) is 0 Å². The maximum absolute atomic E-state index is 5.74. The van der Waals surface area contributed by atoms with Crippen LogP contribution in [0.3, 0.4) is 0 Å². The first-order chi connectivity index (χ1) is 12.3. The Kier molecular flexibility index (Phi) is 7.28. The third-order valence-corrected chi connectivity index (χ3v) is 6.87. The van der Waals surface area contributed by atoms with E-state index in [1.807, 2.05) is 0 Å². The summed E-state index contributed by atoms with van der Waals surface area (Å²) in [5, 5.41) is 0. The number of rotatable bonds is 6. The third-order valence-electron chi connectivity index (χ3n) is 6.72. The van der Waals surface area contributed by atoms with Crippen molar-refractivity contribution >= 4 is 11.6 Å². The molecule has 2 fully saturated rings. The summed E-state index contributed by atoms with van der Waals surface area (Å²) in [5.41, 5.74) is 3.17. The van der Waals surface area contributed by atoms with Gasteiger partial charge in [0, 0.05) is 5.54 Å². The molecular formula is C23H33ClO. The second kappa shape index (κ2) is 9.67. The van der Waals surface area contributed by atoms with Crippen molar-refractivity contribution in [2.75, 3.05) is 7.11 Å². The zero-order valence-corrected chi connectivity index (χ0v) is 16.4. The van der Waals surface area contributed by atoms with Gasteiger partial charge < -0.3 is 4.74 Å². The Labute approximate surface area is 158 Å². The normalized spacial score (nSPS) is 30.5. The molecule has 1 aromatic carbocycles. The quantitative estimate of drug-likeness (QED) is 0.531. The number of methoxy groups -OCH3 is 1. The molecule has 138 valence electrons. The van der Waals surface area contributed by atoms with E-state index >= 15 is 0 Å². The van der Waals surface area contributed by atoms with Crippen LogP contribution < -0.4 is 4.74 Å². The van der Waals surface area contributed by atoms with Gasteiger partial charge in [-0.05, 0) is 92.7 Å². The molecule has 0 radical (unpaired) electrons. The van der Waals surface area contributed by atoms with Crippen molar-refractivity contribution in [1.29, 1.82) is 0 Å². The highest BCUT2D eigenvalue weighted by Gasteiger charge is 2.30. The van der Waals surface area contributed by atoms with Crippen LogP contribution in [0.5, 0.6) is 5.75 Å². The second-order valence-corrected chi connectivity index (χ2v) is 8.41. The summed E-state index contributed by atoms with van der Waals surface area (Å²) in [7, 11) is 1.73. The highest BCUT2D eigenvalue weighted by molar-refractivity contribution is 6.25. The summed E-state index contributed by atoms with van der Waals surface area (Å²) in [4.78, 5) is 0. The molecule has 0 aromatic heterocycles. The molecule has 0 amide bonds. The van der Waals surface area contributed by atoms with E-state index in [2.05, 4.69) is 30.3 Å². The number of benzene rings is 1. The Balaban J connectivity index is 1.37. The van der Waals surface area contributed by atoms with Gasteiger partial charge in [-0.25, -0.2) is 0 Å². The van der Waals surface area contributed by atoms with Gasteiger partial charge in [-0.1, -0.05) is 42.7 Å². The Morgan fingerprint density at radius 2 is 1.52 bits per heavy atom. The largest absolute Gasteiger partial charge is 0.497 e. The molecule has 0 unspecified atom stereocenters. The van der Waals surface area contributed by atoms with Crippen LogP contribution in [0, 0.1) is 23.7 Å². The van der Waals surface area contributed by atoms with Gasteiger partial charge >= 0.3 is 0 Å². The lowest BCUT2D eigenvalue weighted by Crippen LogP contribution is -2.25. The standard InChI is InChI=1S/C23H33ClO/c1-25-23-14-8-19(9-15-23)3-2-18-4-10-21(11-5-18)22-12-6-20(7-13-22)16-17-24/h8-9,14-18,20-22H,2-7,10-13H2,1H3/b17-16+. The second-order valence-electron chi connectivity index (χ2n) is 8.16. The summed E-state index contributed by atoms with van der Waals surface area (Å²) in [5.74, 6) is 4.63. The van der Waals surface area contributed by atoms with Crippen LogP contribution >= 0.6 is 11.6 Å². The first-order valence-corrected chi connectivity index (χ1v) is 10.6. The molecule has 2 saturated carbocycles. The molecule has 2 aliphatic carbocycles. The van der Waals surface area contributed by atoms with Crippen LogP contribution in [-0.2, 0) is 6.42 Å². The minimum Gasteiger partial charge on any atom is -0.497 e. The van der Waals surface area contributed by atoms with Crippen LogP contribution in [0.4, 0.5) is 0 Å². The molecule has 1 nitrogen and oxygen atoms in total. The summed E-state index contributed by atoms with van der Waals surface area (Å²) in [6, 6.07) is 8.61. The van der Waals surface area contributed by atoms with E-state index in [0.29, 0.717) is 0 Å². The molecule has 2 aliphatic rings. The predicted octanol–water partition coefficient (Wildman–Crippen LogP) is 6.99. The van der Waals surface area contributed by atoms with Crippen LogP contribution in [0.15, 0.2) is 35.9 Å².